The SMILES string of the molecule is CCCC(CCC)N1CCCn2c(C(=O)N[C@@H](Cc3ccccc3)[C@H](O)CNCc3cccc(C(F)(F)F)c3)ccc2C1=O. The van der Waals surface area contributed by atoms with Crippen LogP contribution in [0.25, 0.3) is 0 Å². The number of rotatable bonds is 14. The van der Waals surface area contributed by atoms with Gasteiger partial charge in [-0.3, -0.25) is 9.59 Å². The van der Waals surface area contributed by atoms with E-state index >= 15 is 0 Å². The Hall–Kier alpha value is -3.63. The van der Waals surface area contributed by atoms with Crippen molar-refractivity contribution in [2.45, 2.75) is 89.8 Å². The number of nitrogens with zero attached hydrogens (tertiary/aromatic N) is 2. The van der Waals surface area contributed by atoms with Crippen LogP contribution in [0.4, 0.5) is 13.2 Å². The molecule has 7 nitrogen and oxygen atoms in total. The Kier molecular flexibility index (Phi) is 11.6. The Balaban J connectivity index is 1.48. The van der Waals surface area contributed by atoms with Gasteiger partial charge in [-0.15, -0.1) is 0 Å². The molecule has 1 aliphatic heterocycles. The number of carbonyl (C=O) groups is 2. The molecule has 2 heterocycles. The lowest BCUT2D eigenvalue weighted by Crippen LogP contribution is -2.49. The molecule has 0 bridgehead atoms. The van der Waals surface area contributed by atoms with E-state index in [1.165, 1.54) is 6.07 Å². The zero-order chi connectivity index (χ0) is 31.7. The Labute approximate surface area is 257 Å². The number of fused-ring (bicyclic) bond motifs is 1. The van der Waals surface area contributed by atoms with Crippen molar-refractivity contribution < 1.29 is 27.9 Å². The monoisotopic (exact) mass is 612 g/mol. The number of carbonyl (C=O) groups excluding carboxylic acids is 2. The van der Waals surface area contributed by atoms with Crippen molar-refractivity contribution in [3.05, 3.63) is 94.8 Å². The minimum absolute atomic E-state index is 0.0456. The highest BCUT2D eigenvalue weighted by Gasteiger charge is 2.32. The third kappa shape index (κ3) is 8.51. The summed E-state index contributed by atoms with van der Waals surface area (Å²) in [5.41, 5.74) is 1.47. The van der Waals surface area contributed by atoms with Crippen LogP contribution in [0, 0.1) is 0 Å². The maximum atomic E-state index is 13.7. The Morgan fingerprint density at radius 1 is 0.955 bits per heavy atom. The molecular weight excluding hydrogens is 569 g/mol. The summed E-state index contributed by atoms with van der Waals surface area (Å²) in [4.78, 5) is 29.2. The van der Waals surface area contributed by atoms with Crippen molar-refractivity contribution in [2.24, 2.45) is 0 Å². The number of aromatic nitrogens is 1. The molecule has 0 aliphatic carbocycles. The maximum Gasteiger partial charge on any atom is 0.416 e. The average molecular weight is 613 g/mol. The third-order valence-corrected chi connectivity index (χ3v) is 8.17. The van der Waals surface area contributed by atoms with Crippen molar-refractivity contribution >= 4 is 11.8 Å². The van der Waals surface area contributed by atoms with Gasteiger partial charge in [0, 0.05) is 32.2 Å². The van der Waals surface area contributed by atoms with Crippen LogP contribution in [0.5, 0.6) is 0 Å². The molecule has 2 amide bonds. The molecule has 238 valence electrons. The molecule has 2 atom stereocenters. The third-order valence-electron chi connectivity index (χ3n) is 8.17. The Morgan fingerprint density at radius 3 is 2.34 bits per heavy atom. The van der Waals surface area contributed by atoms with Crippen LogP contribution in [0.3, 0.4) is 0 Å². The number of aliphatic hydroxyl groups excluding tert-OH is 1. The Bertz CT molecular complexity index is 1370. The van der Waals surface area contributed by atoms with Gasteiger partial charge in [-0.25, -0.2) is 0 Å². The largest absolute Gasteiger partial charge is 0.416 e. The number of hydrogen-bond donors (Lipinski definition) is 3. The molecule has 10 heteroatoms. The minimum Gasteiger partial charge on any atom is -0.390 e. The lowest BCUT2D eigenvalue weighted by molar-refractivity contribution is -0.137. The van der Waals surface area contributed by atoms with Gasteiger partial charge in [0.05, 0.1) is 17.7 Å². The predicted molar refractivity (Wildman–Crippen MR) is 164 cm³/mol. The van der Waals surface area contributed by atoms with Gasteiger partial charge in [0.1, 0.15) is 11.4 Å². The number of amides is 2. The number of aliphatic hydroxyl groups is 1. The molecule has 4 rings (SSSR count). The van der Waals surface area contributed by atoms with Gasteiger partial charge in [0.25, 0.3) is 11.8 Å². The highest BCUT2D eigenvalue weighted by Crippen LogP contribution is 2.29. The zero-order valence-corrected chi connectivity index (χ0v) is 25.4. The molecule has 2 aromatic carbocycles. The number of halogens is 3. The van der Waals surface area contributed by atoms with Crippen molar-refractivity contribution in [3.8, 4) is 0 Å². The number of hydrogen-bond acceptors (Lipinski definition) is 4. The molecule has 0 unspecified atom stereocenters. The molecule has 0 radical (unpaired) electrons. The van der Waals surface area contributed by atoms with Gasteiger partial charge < -0.3 is 25.2 Å². The summed E-state index contributed by atoms with van der Waals surface area (Å²) in [6.07, 6.45) is -0.547. The highest BCUT2D eigenvalue weighted by molar-refractivity contribution is 5.98. The quantitative estimate of drug-likeness (QED) is 0.214. The van der Waals surface area contributed by atoms with Gasteiger partial charge in [0.15, 0.2) is 0 Å². The first kappa shape index (κ1) is 33.3. The molecule has 1 aromatic heterocycles. The average Bonchev–Trinajstić information content (AvgIpc) is 3.36. The van der Waals surface area contributed by atoms with E-state index in [9.17, 15) is 27.9 Å². The highest BCUT2D eigenvalue weighted by atomic mass is 19.4. The van der Waals surface area contributed by atoms with Crippen LogP contribution in [-0.4, -0.2) is 57.7 Å². The fraction of sp³-hybridized carbons (Fsp3) is 0.471. The number of alkyl halides is 3. The van der Waals surface area contributed by atoms with Crippen LogP contribution in [0.15, 0.2) is 66.7 Å². The molecule has 1 aliphatic rings. The fourth-order valence-corrected chi connectivity index (χ4v) is 5.97. The summed E-state index contributed by atoms with van der Waals surface area (Å²) < 4.78 is 41.1. The van der Waals surface area contributed by atoms with Crippen molar-refractivity contribution in [1.29, 1.82) is 0 Å². The van der Waals surface area contributed by atoms with E-state index in [1.807, 2.05) is 35.2 Å². The summed E-state index contributed by atoms with van der Waals surface area (Å²) in [5.74, 6) is -0.456. The topological polar surface area (TPSA) is 86.6 Å². The molecule has 0 saturated carbocycles. The van der Waals surface area contributed by atoms with Crippen molar-refractivity contribution in [1.82, 2.24) is 20.1 Å². The minimum atomic E-state index is -4.44. The fourth-order valence-electron chi connectivity index (χ4n) is 5.97. The molecular formula is C34H43F3N4O3. The van der Waals surface area contributed by atoms with Crippen LogP contribution in [0.2, 0.25) is 0 Å². The van der Waals surface area contributed by atoms with Gasteiger partial charge in [-0.1, -0.05) is 75.2 Å². The second kappa shape index (κ2) is 15.4. The van der Waals surface area contributed by atoms with E-state index in [2.05, 4.69) is 24.5 Å². The van der Waals surface area contributed by atoms with Gasteiger partial charge in [0.2, 0.25) is 0 Å². The van der Waals surface area contributed by atoms with Crippen LogP contribution in [0.1, 0.15) is 83.6 Å². The molecule has 0 spiro atoms. The standard InChI is InChI=1S/C34H43F3N4O3/c1-3-10-27(11-4-2)40-18-9-19-41-29(16-17-30(41)33(40)44)32(43)39-28(21-24-12-6-5-7-13-24)31(42)23-38-22-25-14-8-15-26(20-25)34(35,36)37/h5-8,12-17,20,27-28,31,38,42H,3-4,9-11,18-19,21-23H2,1-2H3,(H,39,43)/t28-,31+/m0/s1. The summed E-state index contributed by atoms with van der Waals surface area (Å²) in [6.45, 7) is 5.58. The molecule has 3 N–H and O–H groups in total. The first-order chi connectivity index (χ1) is 21.1. The van der Waals surface area contributed by atoms with E-state index in [4.69, 9.17) is 0 Å². The lowest BCUT2D eigenvalue weighted by Gasteiger charge is -2.30. The summed E-state index contributed by atoms with van der Waals surface area (Å²) in [7, 11) is 0. The summed E-state index contributed by atoms with van der Waals surface area (Å²) in [5, 5.41) is 17.2. The maximum absolute atomic E-state index is 13.7. The molecule has 0 saturated heterocycles. The van der Waals surface area contributed by atoms with E-state index in [0.717, 1.165) is 49.8 Å². The number of nitrogens with one attached hydrogen (secondary N) is 2. The molecule has 44 heavy (non-hydrogen) atoms. The summed E-state index contributed by atoms with van der Waals surface area (Å²) >= 11 is 0. The molecule has 3 aromatic rings. The van der Waals surface area contributed by atoms with E-state index < -0.39 is 29.8 Å². The first-order valence-electron chi connectivity index (χ1n) is 15.5. The second-order valence-electron chi connectivity index (χ2n) is 11.5. The van der Waals surface area contributed by atoms with Gasteiger partial charge >= 0.3 is 6.18 Å². The predicted octanol–water partition coefficient (Wildman–Crippen LogP) is 5.81. The normalized spacial score (nSPS) is 15.2. The summed E-state index contributed by atoms with van der Waals surface area (Å²) in [6, 6.07) is 17.3. The van der Waals surface area contributed by atoms with E-state index in [-0.39, 0.29) is 25.0 Å². The van der Waals surface area contributed by atoms with Crippen LogP contribution >= 0.6 is 0 Å². The van der Waals surface area contributed by atoms with Crippen molar-refractivity contribution in [3.63, 3.8) is 0 Å². The number of benzene rings is 2. The smallest absolute Gasteiger partial charge is 0.390 e. The van der Waals surface area contributed by atoms with E-state index in [1.54, 1.807) is 22.8 Å². The zero-order valence-electron chi connectivity index (χ0n) is 25.4. The Morgan fingerprint density at radius 2 is 1.66 bits per heavy atom. The van der Waals surface area contributed by atoms with Crippen LogP contribution < -0.4 is 10.6 Å². The van der Waals surface area contributed by atoms with E-state index in [0.29, 0.717) is 36.5 Å². The molecule has 0 fully saturated rings. The first-order valence-corrected chi connectivity index (χ1v) is 15.5. The van der Waals surface area contributed by atoms with Crippen molar-refractivity contribution in [2.75, 3.05) is 13.1 Å². The van der Waals surface area contributed by atoms with Gasteiger partial charge in [-0.2, -0.15) is 13.2 Å². The second-order valence-corrected chi connectivity index (χ2v) is 11.5. The van der Waals surface area contributed by atoms with Gasteiger partial charge in [-0.05, 0) is 55.0 Å². The van der Waals surface area contributed by atoms with Crippen LogP contribution in [-0.2, 0) is 25.7 Å². The lowest BCUT2D eigenvalue weighted by atomic mass is 10.0.